The second-order valence-electron chi connectivity index (χ2n) is 6.44. The maximum atomic E-state index is 12.3. The van der Waals surface area contributed by atoms with Gasteiger partial charge in [0.15, 0.2) is 18.1 Å². The Kier molecular flexibility index (Phi) is 6.15. The SMILES string of the molecule is COc1cc(/C=C/C(=O)Nc2ccc3c(c2)CCN3C(C)=O)ccc1OCC#N. The van der Waals surface area contributed by atoms with E-state index in [1.165, 1.54) is 13.2 Å². The Morgan fingerprint density at radius 1 is 1.24 bits per heavy atom. The number of rotatable bonds is 6. The number of carbonyl (C=O) groups is 2. The van der Waals surface area contributed by atoms with Crippen molar-refractivity contribution in [3.8, 4) is 17.6 Å². The zero-order valence-electron chi connectivity index (χ0n) is 16.3. The van der Waals surface area contributed by atoms with E-state index in [1.807, 2.05) is 18.2 Å². The number of nitriles is 1. The predicted octanol–water partition coefficient (Wildman–Crippen LogP) is 3.16. The number of ether oxygens (including phenoxy) is 2. The minimum Gasteiger partial charge on any atom is -0.493 e. The molecule has 1 heterocycles. The quantitative estimate of drug-likeness (QED) is 0.764. The Morgan fingerprint density at radius 2 is 2.07 bits per heavy atom. The van der Waals surface area contributed by atoms with E-state index in [4.69, 9.17) is 14.7 Å². The second kappa shape index (κ2) is 8.93. The van der Waals surface area contributed by atoms with E-state index < -0.39 is 0 Å². The van der Waals surface area contributed by atoms with Gasteiger partial charge in [0.2, 0.25) is 11.8 Å². The maximum Gasteiger partial charge on any atom is 0.248 e. The summed E-state index contributed by atoms with van der Waals surface area (Å²) in [7, 11) is 1.51. The fourth-order valence-electron chi connectivity index (χ4n) is 3.18. The van der Waals surface area contributed by atoms with Crippen LogP contribution in [0.15, 0.2) is 42.5 Å². The number of fused-ring (bicyclic) bond motifs is 1. The van der Waals surface area contributed by atoms with Crippen LogP contribution in [-0.2, 0) is 16.0 Å². The summed E-state index contributed by atoms with van der Waals surface area (Å²) >= 11 is 0. The summed E-state index contributed by atoms with van der Waals surface area (Å²) in [6.45, 7) is 2.14. The molecule has 0 atom stereocenters. The summed E-state index contributed by atoms with van der Waals surface area (Å²) in [6.07, 6.45) is 3.87. The average Bonchev–Trinajstić information content (AvgIpc) is 3.14. The number of nitrogens with one attached hydrogen (secondary N) is 1. The second-order valence-corrected chi connectivity index (χ2v) is 6.44. The molecule has 1 aliphatic heterocycles. The Bertz CT molecular complexity index is 1010. The number of anilines is 2. The van der Waals surface area contributed by atoms with Crippen LogP contribution in [0, 0.1) is 11.3 Å². The van der Waals surface area contributed by atoms with Crippen LogP contribution < -0.4 is 19.7 Å². The number of carbonyl (C=O) groups excluding carboxylic acids is 2. The lowest BCUT2D eigenvalue weighted by Crippen LogP contribution is -2.25. The van der Waals surface area contributed by atoms with E-state index in [0.717, 1.165) is 23.2 Å². The van der Waals surface area contributed by atoms with Crippen LogP contribution in [0.3, 0.4) is 0 Å². The number of hydrogen-bond acceptors (Lipinski definition) is 5. The number of amides is 2. The Labute approximate surface area is 169 Å². The van der Waals surface area contributed by atoms with Crippen molar-refractivity contribution in [1.82, 2.24) is 0 Å². The molecule has 0 aromatic heterocycles. The van der Waals surface area contributed by atoms with E-state index in [0.29, 0.717) is 23.7 Å². The molecule has 148 valence electrons. The number of benzene rings is 2. The van der Waals surface area contributed by atoms with E-state index in [1.54, 1.807) is 42.2 Å². The molecule has 3 rings (SSSR count). The summed E-state index contributed by atoms with van der Waals surface area (Å²) in [5, 5.41) is 11.4. The van der Waals surface area contributed by atoms with Crippen LogP contribution in [0.1, 0.15) is 18.1 Å². The zero-order valence-corrected chi connectivity index (χ0v) is 16.3. The number of hydrogen-bond donors (Lipinski definition) is 1. The van der Waals surface area contributed by atoms with Gasteiger partial charge in [-0.1, -0.05) is 6.07 Å². The van der Waals surface area contributed by atoms with E-state index in [9.17, 15) is 9.59 Å². The van der Waals surface area contributed by atoms with Crippen LogP contribution in [0.25, 0.3) is 6.08 Å². The highest BCUT2D eigenvalue weighted by Gasteiger charge is 2.22. The van der Waals surface area contributed by atoms with Crippen molar-refractivity contribution in [2.24, 2.45) is 0 Å². The van der Waals surface area contributed by atoms with Gasteiger partial charge in [-0.25, -0.2) is 0 Å². The van der Waals surface area contributed by atoms with Crippen molar-refractivity contribution >= 4 is 29.3 Å². The van der Waals surface area contributed by atoms with Crippen molar-refractivity contribution in [3.63, 3.8) is 0 Å². The maximum absolute atomic E-state index is 12.3. The molecule has 0 radical (unpaired) electrons. The molecular weight excluding hydrogens is 370 g/mol. The van der Waals surface area contributed by atoms with Crippen molar-refractivity contribution in [3.05, 3.63) is 53.6 Å². The van der Waals surface area contributed by atoms with Crippen molar-refractivity contribution in [2.45, 2.75) is 13.3 Å². The first-order valence-corrected chi connectivity index (χ1v) is 9.09. The highest BCUT2D eigenvalue weighted by Crippen LogP contribution is 2.31. The number of nitrogens with zero attached hydrogens (tertiary/aromatic N) is 2. The van der Waals surface area contributed by atoms with Crippen LogP contribution in [0.2, 0.25) is 0 Å². The largest absolute Gasteiger partial charge is 0.493 e. The molecule has 0 spiro atoms. The standard InChI is InChI=1S/C22H21N3O4/c1-15(26)25-11-9-17-14-18(5-6-19(17)25)24-22(27)8-4-16-3-7-20(29-12-10-23)21(13-16)28-2/h3-8,13-14H,9,11-12H2,1-2H3,(H,24,27)/b8-4+. The van der Waals surface area contributed by atoms with Gasteiger partial charge in [-0.05, 0) is 54.0 Å². The summed E-state index contributed by atoms with van der Waals surface area (Å²) in [5.74, 6) is 0.697. The van der Waals surface area contributed by atoms with Crippen LogP contribution in [0.5, 0.6) is 11.5 Å². The van der Waals surface area contributed by atoms with Gasteiger partial charge in [-0.2, -0.15) is 5.26 Å². The van der Waals surface area contributed by atoms with Gasteiger partial charge in [-0.3, -0.25) is 9.59 Å². The minimum atomic E-state index is -0.268. The van der Waals surface area contributed by atoms with Crippen molar-refractivity contribution in [2.75, 3.05) is 30.5 Å². The van der Waals surface area contributed by atoms with Gasteiger partial charge in [-0.15, -0.1) is 0 Å². The van der Waals surface area contributed by atoms with Gasteiger partial charge >= 0.3 is 0 Å². The monoisotopic (exact) mass is 391 g/mol. The van der Waals surface area contributed by atoms with E-state index in [-0.39, 0.29) is 18.4 Å². The lowest BCUT2D eigenvalue weighted by molar-refractivity contribution is -0.116. The topological polar surface area (TPSA) is 91.7 Å². The lowest BCUT2D eigenvalue weighted by atomic mass is 10.1. The molecular formula is C22H21N3O4. The third-order valence-corrected chi connectivity index (χ3v) is 4.53. The van der Waals surface area contributed by atoms with Gasteiger partial charge in [0.05, 0.1) is 7.11 Å². The van der Waals surface area contributed by atoms with E-state index in [2.05, 4.69) is 5.32 Å². The molecule has 1 aliphatic rings. The molecule has 2 aromatic rings. The Balaban J connectivity index is 1.66. The first-order chi connectivity index (χ1) is 14.0. The highest BCUT2D eigenvalue weighted by molar-refractivity contribution is 6.02. The molecule has 0 fully saturated rings. The summed E-state index contributed by atoms with van der Waals surface area (Å²) < 4.78 is 10.5. The molecule has 0 saturated carbocycles. The van der Waals surface area contributed by atoms with Crippen LogP contribution in [-0.4, -0.2) is 32.1 Å². The molecule has 2 aromatic carbocycles. The third-order valence-electron chi connectivity index (χ3n) is 4.53. The summed E-state index contributed by atoms with van der Waals surface area (Å²) in [5.41, 5.74) is 3.38. The lowest BCUT2D eigenvalue weighted by Gasteiger charge is -2.14. The number of methoxy groups -OCH3 is 1. The smallest absolute Gasteiger partial charge is 0.248 e. The van der Waals surface area contributed by atoms with Crippen molar-refractivity contribution in [1.29, 1.82) is 5.26 Å². The molecule has 7 nitrogen and oxygen atoms in total. The molecule has 2 amide bonds. The molecule has 29 heavy (non-hydrogen) atoms. The molecule has 7 heteroatoms. The van der Waals surface area contributed by atoms with E-state index >= 15 is 0 Å². The van der Waals surface area contributed by atoms with Gasteiger partial charge in [0.1, 0.15) is 6.07 Å². The highest BCUT2D eigenvalue weighted by atomic mass is 16.5. The predicted molar refractivity (Wildman–Crippen MR) is 110 cm³/mol. The average molecular weight is 391 g/mol. The van der Waals surface area contributed by atoms with Crippen LogP contribution in [0.4, 0.5) is 11.4 Å². The van der Waals surface area contributed by atoms with Crippen LogP contribution >= 0.6 is 0 Å². The zero-order chi connectivity index (χ0) is 20.8. The summed E-state index contributed by atoms with van der Waals surface area (Å²) in [6, 6.07) is 12.6. The third kappa shape index (κ3) is 4.74. The normalized spacial score (nSPS) is 12.4. The molecule has 0 unspecified atom stereocenters. The molecule has 0 saturated heterocycles. The molecule has 1 N–H and O–H groups in total. The van der Waals surface area contributed by atoms with Gasteiger partial charge in [0.25, 0.3) is 0 Å². The summed E-state index contributed by atoms with van der Waals surface area (Å²) in [4.78, 5) is 25.6. The fraction of sp³-hybridized carbons (Fsp3) is 0.227. The molecule has 0 bridgehead atoms. The minimum absolute atomic E-state index is 0.0166. The fourth-order valence-corrected chi connectivity index (χ4v) is 3.18. The Hall–Kier alpha value is -3.79. The van der Waals surface area contributed by atoms with Gasteiger partial charge < -0.3 is 19.7 Å². The Morgan fingerprint density at radius 3 is 2.79 bits per heavy atom. The van der Waals surface area contributed by atoms with Crippen molar-refractivity contribution < 1.29 is 19.1 Å². The van der Waals surface area contributed by atoms with Gasteiger partial charge in [0, 0.05) is 30.9 Å². The first-order valence-electron chi connectivity index (χ1n) is 9.09. The first kappa shape index (κ1) is 20.0. The molecule has 0 aliphatic carbocycles.